The summed E-state index contributed by atoms with van der Waals surface area (Å²) < 4.78 is 18.6. The predicted octanol–water partition coefficient (Wildman–Crippen LogP) is 5.34. The quantitative estimate of drug-likeness (QED) is 0.317. The topological polar surface area (TPSA) is 99.9 Å². The molecule has 1 aliphatic rings. The van der Waals surface area contributed by atoms with Crippen LogP contribution in [0.5, 0.6) is 0 Å². The monoisotopic (exact) mass is 560 g/mol. The van der Waals surface area contributed by atoms with Gasteiger partial charge in [0.25, 0.3) is 0 Å². The number of halogens is 3. The van der Waals surface area contributed by atoms with E-state index in [9.17, 15) is 14.7 Å². The van der Waals surface area contributed by atoms with Crippen LogP contribution in [0.25, 0.3) is 11.0 Å². The molecular formula is C26H19Cl3N2O6. The fraction of sp³-hybridized carbons (Fsp3) is 0.192. The molecule has 0 spiro atoms. The van der Waals surface area contributed by atoms with E-state index < -0.39 is 36.5 Å². The van der Waals surface area contributed by atoms with E-state index in [0.717, 1.165) is 0 Å². The van der Waals surface area contributed by atoms with Crippen LogP contribution in [-0.2, 0) is 14.2 Å². The fourth-order valence-electron chi connectivity index (χ4n) is 4.10. The third-order valence-corrected chi connectivity index (χ3v) is 6.88. The standard InChI is InChI=1S/C26H19Cl3N2O6/c27-16-11-18-19(12-17(16)28)31(26(29)30-18)23-21(32)22(37-25(34)15-9-5-2-6-10-15)20(36-23)13-35-24(33)14-7-3-1-4-8-14/h1-12,20-23,32H,13H2/t20-,21-,22+,23?/m0/s1. The highest BCUT2D eigenvalue weighted by atomic mass is 35.5. The van der Waals surface area contributed by atoms with Crippen molar-refractivity contribution in [3.8, 4) is 0 Å². The van der Waals surface area contributed by atoms with Crippen LogP contribution in [0.2, 0.25) is 15.3 Å². The van der Waals surface area contributed by atoms with Crippen LogP contribution in [-0.4, -0.2) is 51.5 Å². The van der Waals surface area contributed by atoms with Gasteiger partial charge >= 0.3 is 11.9 Å². The zero-order valence-electron chi connectivity index (χ0n) is 19.0. The molecule has 4 atom stereocenters. The van der Waals surface area contributed by atoms with Crippen molar-refractivity contribution in [2.45, 2.75) is 24.5 Å². The second-order valence-electron chi connectivity index (χ2n) is 8.26. The fourth-order valence-corrected chi connectivity index (χ4v) is 4.69. The first-order chi connectivity index (χ1) is 17.8. The normalized spacial score (nSPS) is 21.2. The van der Waals surface area contributed by atoms with Crippen LogP contribution in [0, 0.1) is 0 Å². The molecule has 1 N–H and O–H groups in total. The van der Waals surface area contributed by atoms with Gasteiger partial charge in [-0.25, -0.2) is 14.6 Å². The molecule has 8 nitrogen and oxygen atoms in total. The molecule has 5 rings (SSSR count). The molecular weight excluding hydrogens is 543 g/mol. The summed E-state index contributed by atoms with van der Waals surface area (Å²) in [7, 11) is 0. The van der Waals surface area contributed by atoms with Gasteiger partial charge in [0.2, 0.25) is 5.28 Å². The summed E-state index contributed by atoms with van der Waals surface area (Å²) in [6.45, 7) is -0.301. The van der Waals surface area contributed by atoms with E-state index in [0.29, 0.717) is 16.6 Å². The highest BCUT2D eigenvalue weighted by Crippen LogP contribution is 2.38. The third kappa shape index (κ3) is 5.16. The minimum Gasteiger partial charge on any atom is -0.459 e. The maximum Gasteiger partial charge on any atom is 0.338 e. The first-order valence-corrected chi connectivity index (χ1v) is 12.3. The SMILES string of the molecule is O=C(OC[C@@H]1OC(n2c(Cl)nc3cc(Cl)c(Cl)cc32)[C@@H](O)[C@@H]1OC(=O)c1ccccc1)c1ccccc1. The van der Waals surface area contributed by atoms with Gasteiger partial charge in [0.05, 0.1) is 32.2 Å². The van der Waals surface area contributed by atoms with Gasteiger partial charge in [-0.3, -0.25) is 4.57 Å². The Morgan fingerprint density at radius 3 is 2.16 bits per heavy atom. The lowest BCUT2D eigenvalue weighted by Crippen LogP contribution is -2.38. The van der Waals surface area contributed by atoms with Gasteiger partial charge in [0.1, 0.15) is 18.8 Å². The molecule has 2 heterocycles. The largest absolute Gasteiger partial charge is 0.459 e. The molecule has 1 fully saturated rings. The molecule has 190 valence electrons. The van der Waals surface area contributed by atoms with Crippen LogP contribution < -0.4 is 0 Å². The van der Waals surface area contributed by atoms with Crippen molar-refractivity contribution in [2.75, 3.05) is 6.61 Å². The zero-order chi connectivity index (χ0) is 26.1. The lowest BCUT2D eigenvalue weighted by Gasteiger charge is -2.21. The number of carbonyl (C=O) groups excluding carboxylic acids is 2. The van der Waals surface area contributed by atoms with Gasteiger partial charge < -0.3 is 19.3 Å². The Morgan fingerprint density at radius 1 is 0.919 bits per heavy atom. The van der Waals surface area contributed by atoms with Crippen LogP contribution in [0.1, 0.15) is 26.9 Å². The summed E-state index contributed by atoms with van der Waals surface area (Å²) in [6, 6.07) is 19.8. The van der Waals surface area contributed by atoms with Crippen molar-refractivity contribution >= 4 is 57.8 Å². The number of esters is 2. The third-order valence-electron chi connectivity index (χ3n) is 5.89. The van der Waals surface area contributed by atoms with Crippen molar-refractivity contribution in [1.82, 2.24) is 9.55 Å². The Balaban J connectivity index is 1.45. The molecule has 1 aromatic heterocycles. The Kier molecular flexibility index (Phi) is 7.37. The lowest BCUT2D eigenvalue weighted by molar-refractivity contribution is -0.0582. The summed E-state index contributed by atoms with van der Waals surface area (Å²) in [4.78, 5) is 29.6. The van der Waals surface area contributed by atoms with Crippen LogP contribution >= 0.6 is 34.8 Å². The van der Waals surface area contributed by atoms with Crippen molar-refractivity contribution in [3.05, 3.63) is 99.3 Å². The number of benzene rings is 3. The molecule has 11 heteroatoms. The number of hydrogen-bond acceptors (Lipinski definition) is 7. The summed E-state index contributed by atoms with van der Waals surface area (Å²) >= 11 is 18.7. The second-order valence-corrected chi connectivity index (χ2v) is 9.41. The van der Waals surface area contributed by atoms with Gasteiger partial charge in [-0.05, 0) is 48.0 Å². The number of aliphatic hydroxyl groups is 1. The molecule has 0 aliphatic carbocycles. The highest BCUT2D eigenvalue weighted by molar-refractivity contribution is 6.42. The van der Waals surface area contributed by atoms with E-state index in [1.165, 1.54) is 10.6 Å². The van der Waals surface area contributed by atoms with Gasteiger partial charge in [-0.15, -0.1) is 0 Å². The number of carbonyl (C=O) groups is 2. The van der Waals surface area contributed by atoms with Crippen molar-refractivity contribution in [1.29, 1.82) is 0 Å². The average Bonchev–Trinajstić information content (AvgIpc) is 3.38. The molecule has 3 aromatic carbocycles. The zero-order valence-corrected chi connectivity index (χ0v) is 21.2. The van der Waals surface area contributed by atoms with E-state index >= 15 is 0 Å². The van der Waals surface area contributed by atoms with Gasteiger partial charge in [0, 0.05) is 0 Å². The summed E-state index contributed by atoms with van der Waals surface area (Å²) in [5.74, 6) is -1.27. The van der Waals surface area contributed by atoms with Gasteiger partial charge in [0.15, 0.2) is 12.3 Å². The van der Waals surface area contributed by atoms with Crippen LogP contribution in [0.15, 0.2) is 72.8 Å². The number of imidazole rings is 1. The van der Waals surface area contributed by atoms with E-state index in [1.54, 1.807) is 66.7 Å². The van der Waals surface area contributed by atoms with E-state index in [-0.39, 0.29) is 27.5 Å². The molecule has 1 aliphatic heterocycles. The summed E-state index contributed by atoms with van der Waals surface area (Å²) in [5.41, 5.74) is 1.49. The Bertz CT molecular complexity index is 1450. The first kappa shape index (κ1) is 25.5. The summed E-state index contributed by atoms with van der Waals surface area (Å²) in [6.07, 6.45) is -4.74. The molecule has 1 saturated heterocycles. The van der Waals surface area contributed by atoms with Crippen molar-refractivity contribution < 1.29 is 28.9 Å². The molecule has 37 heavy (non-hydrogen) atoms. The molecule has 1 unspecified atom stereocenters. The minimum atomic E-state index is -1.39. The average molecular weight is 562 g/mol. The van der Waals surface area contributed by atoms with Crippen molar-refractivity contribution in [2.24, 2.45) is 0 Å². The molecule has 0 bridgehead atoms. The number of aromatic nitrogens is 2. The van der Waals surface area contributed by atoms with Crippen LogP contribution in [0.4, 0.5) is 0 Å². The van der Waals surface area contributed by atoms with E-state index in [4.69, 9.17) is 49.0 Å². The maximum absolute atomic E-state index is 12.8. The van der Waals surface area contributed by atoms with Gasteiger partial charge in [-0.1, -0.05) is 59.6 Å². The second kappa shape index (κ2) is 10.7. The Hall–Kier alpha value is -3.14. The van der Waals surface area contributed by atoms with E-state index in [2.05, 4.69) is 4.98 Å². The first-order valence-electron chi connectivity index (χ1n) is 11.2. The Labute approximate surface area is 226 Å². The molecule has 0 amide bonds. The maximum atomic E-state index is 12.8. The number of hydrogen-bond donors (Lipinski definition) is 1. The van der Waals surface area contributed by atoms with E-state index in [1.807, 2.05) is 0 Å². The number of aliphatic hydroxyl groups excluding tert-OH is 1. The summed E-state index contributed by atoms with van der Waals surface area (Å²) in [5, 5.41) is 11.8. The van der Waals surface area contributed by atoms with Gasteiger partial charge in [-0.2, -0.15) is 0 Å². The van der Waals surface area contributed by atoms with Crippen molar-refractivity contribution in [3.63, 3.8) is 0 Å². The van der Waals surface area contributed by atoms with Crippen LogP contribution in [0.3, 0.4) is 0 Å². The highest BCUT2D eigenvalue weighted by Gasteiger charge is 2.49. The number of fused-ring (bicyclic) bond motifs is 1. The Morgan fingerprint density at radius 2 is 1.51 bits per heavy atom. The minimum absolute atomic E-state index is 0.00699. The number of nitrogens with zero attached hydrogens (tertiary/aromatic N) is 2. The molecule has 4 aromatic rings. The number of rotatable bonds is 6. The number of ether oxygens (including phenoxy) is 3. The lowest BCUT2D eigenvalue weighted by atomic mass is 10.1. The predicted molar refractivity (Wildman–Crippen MR) is 137 cm³/mol. The molecule has 0 radical (unpaired) electrons. The molecule has 0 saturated carbocycles. The smallest absolute Gasteiger partial charge is 0.338 e.